The fraction of sp³-hybridized carbons (Fsp3) is 0.588. The summed E-state index contributed by atoms with van der Waals surface area (Å²) in [5.41, 5.74) is 1.02. The number of halogens is 1. The minimum Gasteiger partial charge on any atom is -0.378 e. The Kier molecular flexibility index (Phi) is 5.46. The maximum Gasteiger partial charge on any atom is 0.224 e. The van der Waals surface area contributed by atoms with Gasteiger partial charge in [-0.1, -0.05) is 0 Å². The molecule has 2 aliphatic rings. The van der Waals surface area contributed by atoms with Crippen LogP contribution in [-0.2, 0) is 9.53 Å². The summed E-state index contributed by atoms with van der Waals surface area (Å²) in [5.74, 6) is -0.0310. The number of benzene rings is 1. The minimum absolute atomic E-state index is 0.132. The summed E-state index contributed by atoms with van der Waals surface area (Å²) in [6.07, 6.45) is 1.42. The molecule has 0 spiro atoms. The van der Waals surface area contributed by atoms with Crippen LogP contribution in [0.5, 0.6) is 0 Å². The van der Waals surface area contributed by atoms with Crippen molar-refractivity contribution < 1.29 is 13.9 Å². The van der Waals surface area contributed by atoms with Crippen molar-refractivity contribution in [2.75, 3.05) is 50.8 Å². The second-order valence-corrected chi connectivity index (χ2v) is 6.13. The Bertz CT molecular complexity index is 517. The van der Waals surface area contributed by atoms with E-state index in [4.69, 9.17) is 4.74 Å². The number of ether oxygens (including phenoxy) is 1. The molecular formula is C17H24FN3O2. The van der Waals surface area contributed by atoms with Crippen LogP contribution < -0.4 is 10.2 Å². The van der Waals surface area contributed by atoms with E-state index in [2.05, 4.69) is 10.2 Å². The summed E-state index contributed by atoms with van der Waals surface area (Å²) in [5, 5.41) is 3.33. The van der Waals surface area contributed by atoms with E-state index in [0.717, 1.165) is 44.9 Å². The van der Waals surface area contributed by atoms with Crippen molar-refractivity contribution >= 4 is 11.6 Å². The number of carbonyl (C=O) groups excluding carboxylic acids is 1. The Morgan fingerprint density at radius 2 is 2.04 bits per heavy atom. The highest BCUT2D eigenvalue weighted by Gasteiger charge is 2.23. The normalized spacial score (nSPS) is 22.7. The largest absolute Gasteiger partial charge is 0.378 e. The average molecular weight is 321 g/mol. The first-order chi connectivity index (χ1) is 11.2. The van der Waals surface area contributed by atoms with Crippen LogP contribution in [0.3, 0.4) is 0 Å². The highest BCUT2D eigenvalue weighted by Crippen LogP contribution is 2.17. The Morgan fingerprint density at radius 3 is 2.78 bits per heavy atom. The SMILES string of the molecule is O=C(CC1COCCN1)N1CCCN(c2ccc(F)cc2)CC1. The Labute approximate surface area is 136 Å². The van der Waals surface area contributed by atoms with Gasteiger partial charge in [-0.15, -0.1) is 0 Å². The molecule has 2 aliphatic heterocycles. The molecule has 6 heteroatoms. The number of rotatable bonds is 3. The third-order valence-electron chi connectivity index (χ3n) is 4.46. The predicted octanol–water partition coefficient (Wildman–Crippen LogP) is 1.24. The number of nitrogens with zero attached hydrogens (tertiary/aromatic N) is 2. The summed E-state index contributed by atoms with van der Waals surface area (Å²) in [6.45, 7) is 5.32. The summed E-state index contributed by atoms with van der Waals surface area (Å²) in [7, 11) is 0. The third kappa shape index (κ3) is 4.42. The summed E-state index contributed by atoms with van der Waals surface area (Å²) in [6, 6.07) is 6.70. The number of hydrogen-bond acceptors (Lipinski definition) is 4. The van der Waals surface area contributed by atoms with Gasteiger partial charge in [0.1, 0.15) is 5.82 Å². The molecule has 2 fully saturated rings. The molecule has 1 unspecified atom stereocenters. The van der Waals surface area contributed by atoms with Gasteiger partial charge in [0.2, 0.25) is 5.91 Å². The van der Waals surface area contributed by atoms with Crippen LogP contribution in [0.2, 0.25) is 0 Å². The van der Waals surface area contributed by atoms with E-state index in [1.807, 2.05) is 4.90 Å². The molecule has 2 saturated heterocycles. The van der Waals surface area contributed by atoms with Gasteiger partial charge in [-0.3, -0.25) is 4.79 Å². The highest BCUT2D eigenvalue weighted by molar-refractivity contribution is 5.77. The maximum absolute atomic E-state index is 13.0. The van der Waals surface area contributed by atoms with Crippen molar-refractivity contribution in [3.63, 3.8) is 0 Å². The fourth-order valence-electron chi connectivity index (χ4n) is 3.17. The van der Waals surface area contributed by atoms with Gasteiger partial charge in [-0.05, 0) is 30.7 Å². The molecular weight excluding hydrogens is 297 g/mol. The van der Waals surface area contributed by atoms with Gasteiger partial charge in [0, 0.05) is 50.9 Å². The van der Waals surface area contributed by atoms with Crippen molar-refractivity contribution in [3.8, 4) is 0 Å². The fourth-order valence-corrected chi connectivity index (χ4v) is 3.17. The minimum atomic E-state index is -0.220. The van der Waals surface area contributed by atoms with Gasteiger partial charge in [0.25, 0.3) is 0 Å². The quantitative estimate of drug-likeness (QED) is 0.910. The van der Waals surface area contributed by atoms with E-state index >= 15 is 0 Å². The van der Waals surface area contributed by atoms with Crippen LogP contribution in [0.15, 0.2) is 24.3 Å². The molecule has 1 aromatic rings. The summed E-state index contributed by atoms with van der Waals surface area (Å²) >= 11 is 0. The molecule has 1 atom stereocenters. The monoisotopic (exact) mass is 321 g/mol. The zero-order valence-electron chi connectivity index (χ0n) is 13.3. The highest BCUT2D eigenvalue weighted by atomic mass is 19.1. The summed E-state index contributed by atoms with van der Waals surface area (Å²) < 4.78 is 18.4. The van der Waals surface area contributed by atoms with Crippen LogP contribution >= 0.6 is 0 Å². The first kappa shape index (κ1) is 16.2. The molecule has 5 nitrogen and oxygen atoms in total. The number of morpholine rings is 1. The van der Waals surface area contributed by atoms with Crippen molar-refractivity contribution in [2.24, 2.45) is 0 Å². The molecule has 0 bridgehead atoms. The number of hydrogen-bond donors (Lipinski definition) is 1. The first-order valence-electron chi connectivity index (χ1n) is 8.32. The van der Waals surface area contributed by atoms with Gasteiger partial charge in [-0.25, -0.2) is 4.39 Å². The molecule has 0 saturated carbocycles. The lowest BCUT2D eigenvalue weighted by Crippen LogP contribution is -2.45. The Balaban J connectivity index is 1.53. The lowest BCUT2D eigenvalue weighted by atomic mass is 10.1. The molecule has 0 radical (unpaired) electrons. The Morgan fingerprint density at radius 1 is 1.22 bits per heavy atom. The van der Waals surface area contributed by atoms with Gasteiger partial charge >= 0.3 is 0 Å². The molecule has 1 aromatic carbocycles. The van der Waals surface area contributed by atoms with E-state index in [9.17, 15) is 9.18 Å². The van der Waals surface area contributed by atoms with E-state index in [0.29, 0.717) is 19.6 Å². The standard InChI is InChI=1S/C17H24FN3O2/c18-14-2-4-16(5-3-14)20-7-1-8-21(10-9-20)17(22)12-15-13-23-11-6-19-15/h2-5,15,19H,1,6-13H2. The molecule has 3 rings (SSSR count). The molecule has 1 N–H and O–H groups in total. The molecule has 23 heavy (non-hydrogen) atoms. The van der Waals surface area contributed by atoms with Gasteiger partial charge < -0.3 is 19.9 Å². The summed E-state index contributed by atoms with van der Waals surface area (Å²) in [4.78, 5) is 16.6. The van der Waals surface area contributed by atoms with Crippen molar-refractivity contribution in [2.45, 2.75) is 18.9 Å². The van der Waals surface area contributed by atoms with Gasteiger partial charge in [0.05, 0.1) is 13.2 Å². The van der Waals surface area contributed by atoms with E-state index in [-0.39, 0.29) is 17.8 Å². The molecule has 126 valence electrons. The van der Waals surface area contributed by atoms with Crippen molar-refractivity contribution in [1.29, 1.82) is 0 Å². The van der Waals surface area contributed by atoms with Gasteiger partial charge in [-0.2, -0.15) is 0 Å². The van der Waals surface area contributed by atoms with Crippen LogP contribution in [0.4, 0.5) is 10.1 Å². The second-order valence-electron chi connectivity index (χ2n) is 6.13. The predicted molar refractivity (Wildman–Crippen MR) is 87.0 cm³/mol. The lowest BCUT2D eigenvalue weighted by molar-refractivity contribution is -0.132. The average Bonchev–Trinajstić information content (AvgIpc) is 2.83. The smallest absolute Gasteiger partial charge is 0.224 e. The van der Waals surface area contributed by atoms with Crippen molar-refractivity contribution in [1.82, 2.24) is 10.2 Å². The third-order valence-corrected chi connectivity index (χ3v) is 4.46. The number of carbonyl (C=O) groups is 1. The molecule has 0 aliphatic carbocycles. The lowest BCUT2D eigenvalue weighted by Gasteiger charge is -2.27. The van der Waals surface area contributed by atoms with Gasteiger partial charge in [0.15, 0.2) is 0 Å². The van der Waals surface area contributed by atoms with E-state index < -0.39 is 0 Å². The zero-order valence-corrected chi connectivity index (χ0v) is 13.3. The van der Waals surface area contributed by atoms with Crippen LogP contribution in [-0.4, -0.2) is 62.8 Å². The number of nitrogens with one attached hydrogen (secondary N) is 1. The van der Waals surface area contributed by atoms with E-state index in [1.54, 1.807) is 12.1 Å². The van der Waals surface area contributed by atoms with Crippen LogP contribution in [0, 0.1) is 5.82 Å². The molecule has 1 amide bonds. The molecule has 0 aromatic heterocycles. The maximum atomic E-state index is 13.0. The zero-order chi connectivity index (χ0) is 16.1. The first-order valence-corrected chi connectivity index (χ1v) is 8.32. The number of anilines is 1. The van der Waals surface area contributed by atoms with Crippen LogP contribution in [0.25, 0.3) is 0 Å². The second kappa shape index (κ2) is 7.75. The van der Waals surface area contributed by atoms with Crippen molar-refractivity contribution in [3.05, 3.63) is 30.1 Å². The van der Waals surface area contributed by atoms with Crippen LogP contribution in [0.1, 0.15) is 12.8 Å². The molecule has 2 heterocycles. The topological polar surface area (TPSA) is 44.8 Å². The number of amides is 1. The Hall–Kier alpha value is -1.66. The van der Waals surface area contributed by atoms with E-state index in [1.165, 1.54) is 12.1 Å².